The Kier molecular flexibility index (Phi) is 3.64. The second kappa shape index (κ2) is 5.58. The van der Waals surface area contributed by atoms with Crippen LogP contribution in [-0.4, -0.2) is 33.7 Å². The lowest BCUT2D eigenvalue weighted by Crippen LogP contribution is -2.25. The van der Waals surface area contributed by atoms with Crippen molar-refractivity contribution in [1.82, 2.24) is 19.9 Å². The van der Waals surface area contributed by atoms with E-state index in [9.17, 15) is 4.79 Å². The van der Waals surface area contributed by atoms with E-state index < -0.39 is 5.97 Å². The van der Waals surface area contributed by atoms with Crippen LogP contribution < -0.4 is 5.32 Å². The number of methoxy groups -OCH3 is 1. The van der Waals surface area contributed by atoms with E-state index in [1.807, 2.05) is 6.07 Å². The summed E-state index contributed by atoms with van der Waals surface area (Å²) in [5.74, 6) is 0.295. The van der Waals surface area contributed by atoms with E-state index in [0.717, 1.165) is 0 Å². The molecule has 0 aliphatic heterocycles. The molecule has 1 fully saturated rings. The molecule has 0 saturated heterocycles. The predicted octanol–water partition coefficient (Wildman–Crippen LogP) is 1.55. The molecular formula is C14H18N4O2. The van der Waals surface area contributed by atoms with Gasteiger partial charge in [-0.2, -0.15) is 0 Å². The first kappa shape index (κ1) is 13.1. The highest BCUT2D eigenvalue weighted by Gasteiger charge is 2.16. The Hall–Kier alpha value is -1.95. The van der Waals surface area contributed by atoms with E-state index in [0.29, 0.717) is 29.8 Å². The minimum atomic E-state index is -0.407. The summed E-state index contributed by atoms with van der Waals surface area (Å²) in [6.45, 7) is 0.632. The van der Waals surface area contributed by atoms with E-state index >= 15 is 0 Å². The van der Waals surface area contributed by atoms with Crippen molar-refractivity contribution in [2.24, 2.45) is 0 Å². The van der Waals surface area contributed by atoms with Crippen molar-refractivity contribution in [2.75, 3.05) is 7.11 Å². The number of rotatable bonds is 4. The van der Waals surface area contributed by atoms with Crippen LogP contribution in [0.2, 0.25) is 0 Å². The van der Waals surface area contributed by atoms with E-state index in [1.165, 1.54) is 37.3 Å². The molecule has 0 atom stereocenters. The summed E-state index contributed by atoms with van der Waals surface area (Å²) in [6.07, 6.45) is 5.03. The number of hydrogen-bond acceptors (Lipinski definition) is 5. The monoisotopic (exact) mass is 274 g/mol. The zero-order valence-electron chi connectivity index (χ0n) is 11.5. The normalized spacial score (nSPS) is 15.8. The highest BCUT2D eigenvalue weighted by molar-refractivity contribution is 5.88. The number of fused-ring (bicyclic) bond motifs is 1. The fraction of sp³-hybridized carbons (Fsp3) is 0.500. The average Bonchev–Trinajstić information content (AvgIpc) is 3.12. The van der Waals surface area contributed by atoms with E-state index in [4.69, 9.17) is 4.74 Å². The summed E-state index contributed by atoms with van der Waals surface area (Å²) in [4.78, 5) is 16.1. The van der Waals surface area contributed by atoms with Crippen molar-refractivity contribution in [3.8, 4) is 0 Å². The van der Waals surface area contributed by atoms with Gasteiger partial charge >= 0.3 is 5.97 Å². The van der Waals surface area contributed by atoms with Crippen LogP contribution in [0.4, 0.5) is 0 Å². The number of ether oxygens (including phenoxy) is 1. The minimum absolute atomic E-state index is 0.393. The summed E-state index contributed by atoms with van der Waals surface area (Å²) in [5.41, 5.74) is 1.06. The summed E-state index contributed by atoms with van der Waals surface area (Å²) in [6, 6.07) is 5.87. The zero-order valence-corrected chi connectivity index (χ0v) is 11.5. The topological polar surface area (TPSA) is 68.5 Å². The largest absolute Gasteiger partial charge is 0.464 e. The van der Waals surface area contributed by atoms with Gasteiger partial charge in [0.15, 0.2) is 17.2 Å². The molecule has 2 heterocycles. The number of nitrogens with one attached hydrogen (secondary N) is 1. The third-order valence-electron chi connectivity index (χ3n) is 3.70. The maximum Gasteiger partial charge on any atom is 0.356 e. The Balaban J connectivity index is 1.80. The Morgan fingerprint density at radius 3 is 3.00 bits per heavy atom. The standard InChI is InChI=1S/C14H18N4O2/c1-20-14(19)11-7-4-8-13-16-12(17-18(11)13)9-15-10-5-2-3-6-10/h4,7-8,10,15H,2-3,5-6,9H2,1H3. The predicted molar refractivity (Wildman–Crippen MR) is 73.4 cm³/mol. The summed E-state index contributed by atoms with van der Waals surface area (Å²) >= 11 is 0. The SMILES string of the molecule is COC(=O)c1cccc2nc(CNC3CCCC3)nn12. The van der Waals surface area contributed by atoms with Crippen LogP contribution in [-0.2, 0) is 11.3 Å². The quantitative estimate of drug-likeness (QED) is 0.857. The molecule has 106 valence electrons. The number of pyridine rings is 1. The van der Waals surface area contributed by atoms with Crippen LogP contribution in [0, 0.1) is 0 Å². The second-order valence-corrected chi connectivity index (χ2v) is 5.06. The molecule has 0 amide bonds. The molecule has 2 aromatic rings. The fourth-order valence-electron chi connectivity index (χ4n) is 2.65. The van der Waals surface area contributed by atoms with Gasteiger partial charge in [-0.25, -0.2) is 14.3 Å². The Morgan fingerprint density at radius 2 is 2.25 bits per heavy atom. The number of carbonyl (C=O) groups excluding carboxylic acids is 1. The number of esters is 1. The average molecular weight is 274 g/mol. The number of hydrogen-bond donors (Lipinski definition) is 1. The van der Waals surface area contributed by atoms with E-state index in [2.05, 4.69) is 15.4 Å². The number of aromatic nitrogens is 3. The first-order valence-corrected chi connectivity index (χ1v) is 6.94. The lowest BCUT2D eigenvalue weighted by atomic mass is 10.2. The van der Waals surface area contributed by atoms with E-state index in [1.54, 1.807) is 12.1 Å². The maximum absolute atomic E-state index is 11.7. The van der Waals surface area contributed by atoms with Crippen molar-refractivity contribution < 1.29 is 9.53 Å². The first-order chi connectivity index (χ1) is 9.78. The lowest BCUT2D eigenvalue weighted by molar-refractivity contribution is 0.0591. The van der Waals surface area contributed by atoms with Gasteiger partial charge in [-0.15, -0.1) is 5.10 Å². The third kappa shape index (κ3) is 2.51. The van der Waals surface area contributed by atoms with Gasteiger partial charge in [-0.3, -0.25) is 0 Å². The molecular weight excluding hydrogens is 256 g/mol. The molecule has 0 radical (unpaired) electrons. The Bertz CT molecular complexity index is 617. The maximum atomic E-state index is 11.7. The molecule has 1 aliphatic carbocycles. The van der Waals surface area contributed by atoms with E-state index in [-0.39, 0.29) is 0 Å². The van der Waals surface area contributed by atoms with Crippen LogP contribution in [0.15, 0.2) is 18.2 Å². The summed E-state index contributed by atoms with van der Waals surface area (Å²) in [5, 5.41) is 7.85. The van der Waals surface area contributed by atoms with Crippen molar-refractivity contribution in [3.63, 3.8) is 0 Å². The van der Waals surface area contributed by atoms with Crippen LogP contribution in [0.5, 0.6) is 0 Å². The molecule has 1 N–H and O–H groups in total. The van der Waals surface area contributed by atoms with Crippen molar-refractivity contribution >= 4 is 11.6 Å². The second-order valence-electron chi connectivity index (χ2n) is 5.06. The molecule has 0 bridgehead atoms. The molecule has 0 spiro atoms. The van der Waals surface area contributed by atoms with Crippen molar-refractivity contribution in [1.29, 1.82) is 0 Å². The smallest absolute Gasteiger partial charge is 0.356 e. The molecule has 6 heteroatoms. The Morgan fingerprint density at radius 1 is 1.45 bits per heavy atom. The fourth-order valence-corrected chi connectivity index (χ4v) is 2.65. The molecule has 1 saturated carbocycles. The Labute approximate surface area is 117 Å². The van der Waals surface area contributed by atoms with Crippen LogP contribution in [0.3, 0.4) is 0 Å². The van der Waals surface area contributed by atoms with Crippen molar-refractivity contribution in [2.45, 2.75) is 38.3 Å². The van der Waals surface area contributed by atoms with Gasteiger partial charge in [-0.05, 0) is 25.0 Å². The molecule has 2 aromatic heterocycles. The van der Waals surface area contributed by atoms with Gasteiger partial charge in [0.05, 0.1) is 13.7 Å². The highest BCUT2D eigenvalue weighted by Crippen LogP contribution is 2.18. The lowest BCUT2D eigenvalue weighted by Gasteiger charge is -2.08. The van der Waals surface area contributed by atoms with Gasteiger partial charge in [0.25, 0.3) is 0 Å². The van der Waals surface area contributed by atoms with Crippen LogP contribution in [0.1, 0.15) is 42.0 Å². The number of nitrogens with zero attached hydrogens (tertiary/aromatic N) is 3. The minimum Gasteiger partial charge on any atom is -0.464 e. The van der Waals surface area contributed by atoms with Crippen molar-refractivity contribution in [3.05, 3.63) is 29.7 Å². The van der Waals surface area contributed by atoms with Crippen LogP contribution in [0.25, 0.3) is 5.65 Å². The first-order valence-electron chi connectivity index (χ1n) is 6.94. The zero-order chi connectivity index (χ0) is 13.9. The van der Waals surface area contributed by atoms with Gasteiger partial charge in [0.1, 0.15) is 0 Å². The molecule has 0 aromatic carbocycles. The summed E-state index contributed by atoms with van der Waals surface area (Å²) in [7, 11) is 1.36. The molecule has 20 heavy (non-hydrogen) atoms. The van der Waals surface area contributed by atoms with Gasteiger partial charge < -0.3 is 10.1 Å². The summed E-state index contributed by atoms with van der Waals surface area (Å²) < 4.78 is 6.29. The molecule has 0 unspecified atom stereocenters. The molecule has 6 nitrogen and oxygen atoms in total. The van der Waals surface area contributed by atoms with Crippen LogP contribution >= 0.6 is 0 Å². The third-order valence-corrected chi connectivity index (χ3v) is 3.70. The highest BCUT2D eigenvalue weighted by atomic mass is 16.5. The molecule has 3 rings (SSSR count). The van der Waals surface area contributed by atoms with Gasteiger partial charge in [0.2, 0.25) is 0 Å². The van der Waals surface area contributed by atoms with Gasteiger partial charge in [-0.1, -0.05) is 18.9 Å². The van der Waals surface area contributed by atoms with Gasteiger partial charge in [0, 0.05) is 6.04 Å². The molecule has 1 aliphatic rings. The number of carbonyl (C=O) groups is 1.